The monoisotopic (exact) mass is 356 g/mol. The van der Waals surface area contributed by atoms with Crippen LogP contribution in [0.25, 0.3) is 0 Å². The highest BCUT2D eigenvalue weighted by Crippen LogP contribution is 2.17. The third-order valence-corrected chi connectivity index (χ3v) is 4.12. The average Bonchev–Trinajstić information content (AvgIpc) is 2.56. The van der Waals surface area contributed by atoms with Gasteiger partial charge < -0.3 is 10.2 Å². The second-order valence-corrected chi connectivity index (χ2v) is 6.63. The highest BCUT2D eigenvalue weighted by Gasteiger charge is 2.07. The zero-order valence-electron chi connectivity index (χ0n) is 16.6. The summed E-state index contributed by atoms with van der Waals surface area (Å²) in [4.78, 5) is 20.5. The number of hydrogen-bond donors (Lipinski definition) is 2. The number of rotatable bonds is 15. The van der Waals surface area contributed by atoms with Gasteiger partial charge in [0.2, 0.25) is 0 Å². The molecule has 0 aromatic carbocycles. The van der Waals surface area contributed by atoms with E-state index in [9.17, 15) is 9.59 Å². The molecule has 0 bridgehead atoms. The van der Waals surface area contributed by atoms with E-state index in [2.05, 4.69) is 19.9 Å². The molecule has 1 atom stereocenters. The fraction of sp³-hybridized carbons (Fsp3) is 0.810. The molecule has 0 aliphatic rings. The van der Waals surface area contributed by atoms with Crippen LogP contribution in [0.1, 0.15) is 104 Å². The van der Waals surface area contributed by atoms with Crippen LogP contribution in [0.5, 0.6) is 0 Å². The van der Waals surface area contributed by atoms with Gasteiger partial charge in [-0.15, -0.1) is 0 Å². The second kappa shape index (κ2) is 20.7. The van der Waals surface area contributed by atoms with Gasteiger partial charge in [-0.3, -0.25) is 9.59 Å². The summed E-state index contributed by atoms with van der Waals surface area (Å²) in [6, 6.07) is 0. The van der Waals surface area contributed by atoms with Gasteiger partial charge in [-0.1, -0.05) is 77.4 Å². The zero-order valence-corrected chi connectivity index (χ0v) is 16.6. The standard InChI is InChI=1S/C13H24O2.C8H16O2/c1-3-5-6-7-9-12(8-4-2)10-11-13(14)15;1-2-3-4-5-6-7-8(9)10/h4,8,12H,3,5-7,9-11H2,1-2H3,(H,14,15);2-7H2,1H3,(H,9,10). The molecule has 0 heterocycles. The minimum Gasteiger partial charge on any atom is -0.481 e. The van der Waals surface area contributed by atoms with Gasteiger partial charge in [0.1, 0.15) is 0 Å². The van der Waals surface area contributed by atoms with Gasteiger partial charge in [0, 0.05) is 12.8 Å². The largest absolute Gasteiger partial charge is 0.481 e. The van der Waals surface area contributed by atoms with E-state index < -0.39 is 11.9 Å². The molecule has 0 saturated heterocycles. The number of carboxylic acids is 2. The second-order valence-electron chi connectivity index (χ2n) is 6.63. The number of carbonyl (C=O) groups is 2. The first-order valence-electron chi connectivity index (χ1n) is 10.0. The smallest absolute Gasteiger partial charge is 0.303 e. The Morgan fingerprint density at radius 1 is 0.760 bits per heavy atom. The number of unbranched alkanes of at least 4 members (excludes halogenated alkanes) is 7. The molecule has 1 unspecified atom stereocenters. The van der Waals surface area contributed by atoms with Crippen molar-refractivity contribution in [1.82, 2.24) is 0 Å². The Kier molecular flexibility index (Phi) is 21.5. The summed E-state index contributed by atoms with van der Waals surface area (Å²) < 4.78 is 0. The molecule has 148 valence electrons. The van der Waals surface area contributed by atoms with E-state index in [0.717, 1.165) is 25.7 Å². The number of carboxylic acid groups (broad SMARTS) is 2. The van der Waals surface area contributed by atoms with Crippen LogP contribution in [0, 0.1) is 5.92 Å². The zero-order chi connectivity index (χ0) is 19.3. The molecule has 25 heavy (non-hydrogen) atoms. The normalized spacial score (nSPS) is 11.8. The maximum Gasteiger partial charge on any atom is 0.303 e. The third-order valence-electron chi connectivity index (χ3n) is 4.12. The topological polar surface area (TPSA) is 74.6 Å². The van der Waals surface area contributed by atoms with Crippen molar-refractivity contribution in [2.45, 2.75) is 104 Å². The average molecular weight is 357 g/mol. The van der Waals surface area contributed by atoms with Crippen molar-refractivity contribution in [3.63, 3.8) is 0 Å². The molecular formula is C21H40O4. The molecule has 0 aromatic heterocycles. The fourth-order valence-electron chi connectivity index (χ4n) is 2.63. The van der Waals surface area contributed by atoms with Crippen LogP contribution < -0.4 is 0 Å². The first-order chi connectivity index (χ1) is 12.0. The van der Waals surface area contributed by atoms with E-state index in [1.807, 2.05) is 13.0 Å². The van der Waals surface area contributed by atoms with E-state index in [-0.39, 0.29) is 0 Å². The van der Waals surface area contributed by atoms with Gasteiger partial charge in [0.25, 0.3) is 0 Å². The molecule has 0 spiro atoms. The Morgan fingerprint density at radius 2 is 1.28 bits per heavy atom. The molecule has 0 amide bonds. The third kappa shape index (κ3) is 25.0. The van der Waals surface area contributed by atoms with E-state index in [1.54, 1.807) is 0 Å². The molecule has 0 radical (unpaired) electrons. The lowest BCUT2D eigenvalue weighted by Crippen LogP contribution is -2.02. The van der Waals surface area contributed by atoms with Crippen LogP contribution >= 0.6 is 0 Å². The summed E-state index contributed by atoms with van der Waals surface area (Å²) in [6.45, 7) is 6.35. The van der Waals surface area contributed by atoms with Crippen molar-refractivity contribution < 1.29 is 19.8 Å². The molecule has 0 aromatic rings. The van der Waals surface area contributed by atoms with Gasteiger partial charge in [0.05, 0.1) is 0 Å². The first-order valence-corrected chi connectivity index (χ1v) is 10.0. The number of aliphatic carboxylic acids is 2. The number of allylic oxidation sites excluding steroid dienone is 2. The summed E-state index contributed by atoms with van der Waals surface area (Å²) in [6.07, 6.45) is 17.3. The lowest BCUT2D eigenvalue weighted by Gasteiger charge is -2.10. The Labute approximate surface area is 154 Å². The minimum atomic E-state index is -0.682. The molecule has 0 aliphatic heterocycles. The Balaban J connectivity index is 0. The van der Waals surface area contributed by atoms with Gasteiger partial charge in [-0.2, -0.15) is 0 Å². The van der Waals surface area contributed by atoms with E-state index in [0.29, 0.717) is 18.8 Å². The Hall–Kier alpha value is -1.32. The Bertz CT molecular complexity index is 337. The Morgan fingerprint density at radius 3 is 1.76 bits per heavy atom. The van der Waals surface area contributed by atoms with Crippen LogP contribution in [0.3, 0.4) is 0 Å². The lowest BCUT2D eigenvalue weighted by atomic mass is 9.95. The molecule has 0 saturated carbocycles. The molecule has 0 rings (SSSR count). The highest BCUT2D eigenvalue weighted by atomic mass is 16.4. The molecule has 4 nitrogen and oxygen atoms in total. The van der Waals surface area contributed by atoms with E-state index in [4.69, 9.17) is 10.2 Å². The van der Waals surface area contributed by atoms with Crippen molar-refractivity contribution in [3.05, 3.63) is 12.2 Å². The summed E-state index contributed by atoms with van der Waals surface area (Å²) >= 11 is 0. The SMILES string of the molecule is CC=CC(CCCCCC)CCC(=O)O.CCCCCCCC(=O)O. The fourth-order valence-corrected chi connectivity index (χ4v) is 2.63. The summed E-state index contributed by atoms with van der Waals surface area (Å²) in [7, 11) is 0. The van der Waals surface area contributed by atoms with Crippen molar-refractivity contribution >= 4 is 11.9 Å². The molecule has 2 N–H and O–H groups in total. The number of hydrogen-bond acceptors (Lipinski definition) is 2. The maximum absolute atomic E-state index is 10.5. The van der Waals surface area contributed by atoms with Gasteiger partial charge in [-0.25, -0.2) is 0 Å². The van der Waals surface area contributed by atoms with Crippen LogP contribution in [0.2, 0.25) is 0 Å². The van der Waals surface area contributed by atoms with Crippen molar-refractivity contribution in [2.24, 2.45) is 5.92 Å². The summed E-state index contributed by atoms with van der Waals surface area (Å²) in [5, 5.41) is 16.9. The maximum atomic E-state index is 10.5. The van der Waals surface area contributed by atoms with Crippen LogP contribution in [-0.2, 0) is 9.59 Å². The van der Waals surface area contributed by atoms with Gasteiger partial charge >= 0.3 is 11.9 Å². The van der Waals surface area contributed by atoms with Crippen molar-refractivity contribution in [3.8, 4) is 0 Å². The molecule has 0 aliphatic carbocycles. The highest BCUT2D eigenvalue weighted by molar-refractivity contribution is 5.66. The molecule has 0 fully saturated rings. The van der Waals surface area contributed by atoms with Gasteiger partial charge in [-0.05, 0) is 32.1 Å². The van der Waals surface area contributed by atoms with Crippen LogP contribution in [0.4, 0.5) is 0 Å². The first kappa shape index (κ1) is 25.9. The van der Waals surface area contributed by atoms with E-state index >= 15 is 0 Å². The van der Waals surface area contributed by atoms with Crippen LogP contribution in [0.15, 0.2) is 12.2 Å². The lowest BCUT2D eigenvalue weighted by molar-refractivity contribution is -0.138. The van der Waals surface area contributed by atoms with E-state index in [1.165, 1.54) is 44.9 Å². The van der Waals surface area contributed by atoms with Gasteiger partial charge in [0.15, 0.2) is 0 Å². The predicted molar refractivity (Wildman–Crippen MR) is 105 cm³/mol. The van der Waals surface area contributed by atoms with Crippen LogP contribution in [-0.4, -0.2) is 22.2 Å². The van der Waals surface area contributed by atoms with Crippen molar-refractivity contribution in [2.75, 3.05) is 0 Å². The quantitative estimate of drug-likeness (QED) is 0.261. The predicted octanol–water partition coefficient (Wildman–Crippen LogP) is 6.45. The minimum absolute atomic E-state index is 0.294. The molecule has 4 heteroatoms. The molecular weight excluding hydrogens is 316 g/mol. The van der Waals surface area contributed by atoms with Crippen molar-refractivity contribution in [1.29, 1.82) is 0 Å². The summed E-state index contributed by atoms with van der Waals surface area (Å²) in [5.41, 5.74) is 0. The summed E-state index contributed by atoms with van der Waals surface area (Å²) in [5.74, 6) is -0.891.